The fraction of sp³-hybridized carbons (Fsp3) is 0.208. The summed E-state index contributed by atoms with van der Waals surface area (Å²) in [7, 11) is 1.59. The maximum Gasteiger partial charge on any atom is 0.272 e. The molecule has 4 rings (SSSR count). The van der Waals surface area contributed by atoms with Crippen molar-refractivity contribution in [2.75, 3.05) is 26.0 Å². The summed E-state index contributed by atoms with van der Waals surface area (Å²) in [5.74, 6) is 0.0505. The summed E-state index contributed by atoms with van der Waals surface area (Å²) < 4.78 is 7.25. The van der Waals surface area contributed by atoms with Gasteiger partial charge in [-0.05, 0) is 17.2 Å². The summed E-state index contributed by atoms with van der Waals surface area (Å²) in [5.41, 5.74) is 2.62. The molecule has 32 heavy (non-hydrogen) atoms. The molecule has 1 N–H and O–H groups in total. The molecule has 0 aliphatic carbocycles. The molecular weight excluding hydrogens is 442 g/mol. The first-order valence-corrected chi connectivity index (χ1v) is 12.0. The van der Waals surface area contributed by atoms with Crippen LogP contribution in [0.5, 0.6) is 0 Å². The first-order valence-electron chi connectivity index (χ1n) is 10.2. The Bertz CT molecular complexity index is 1250. The third-order valence-corrected chi connectivity index (χ3v) is 6.94. The maximum absolute atomic E-state index is 13.5. The van der Waals surface area contributed by atoms with Gasteiger partial charge in [0.05, 0.1) is 24.4 Å². The Kier molecular flexibility index (Phi) is 7.36. The summed E-state index contributed by atoms with van der Waals surface area (Å²) in [6.45, 7) is 1.30. The zero-order chi connectivity index (χ0) is 22.3. The molecule has 0 aliphatic rings. The number of rotatable bonds is 9. The summed E-state index contributed by atoms with van der Waals surface area (Å²) in [6.07, 6.45) is 0. The van der Waals surface area contributed by atoms with Crippen LogP contribution >= 0.6 is 23.1 Å². The van der Waals surface area contributed by atoms with Crippen molar-refractivity contribution in [1.82, 2.24) is 14.9 Å². The van der Waals surface area contributed by atoms with E-state index in [4.69, 9.17) is 9.72 Å². The van der Waals surface area contributed by atoms with Crippen LogP contribution in [-0.2, 0) is 16.1 Å². The predicted molar refractivity (Wildman–Crippen MR) is 130 cm³/mol. The molecule has 0 atom stereocenters. The average Bonchev–Trinajstić information content (AvgIpc) is 3.26. The Morgan fingerprint density at radius 1 is 1.12 bits per heavy atom. The number of methoxy groups -OCH3 is 1. The van der Waals surface area contributed by atoms with Gasteiger partial charge in [0.25, 0.3) is 5.56 Å². The van der Waals surface area contributed by atoms with Gasteiger partial charge in [0.15, 0.2) is 5.16 Å². The highest BCUT2D eigenvalue weighted by Crippen LogP contribution is 2.32. The van der Waals surface area contributed by atoms with Crippen molar-refractivity contribution < 1.29 is 9.53 Å². The van der Waals surface area contributed by atoms with Crippen LogP contribution in [0.2, 0.25) is 0 Å². The number of nitrogens with one attached hydrogen (secondary N) is 1. The number of hydrogen-bond acceptors (Lipinski definition) is 6. The van der Waals surface area contributed by atoms with Crippen LogP contribution in [-0.4, -0.2) is 41.5 Å². The Balaban J connectivity index is 1.69. The molecule has 0 fully saturated rings. The summed E-state index contributed by atoms with van der Waals surface area (Å²) in [6, 6.07) is 21.7. The van der Waals surface area contributed by atoms with E-state index in [1.165, 1.54) is 23.1 Å². The SMILES string of the molecule is COCCNC(=O)CSc1nc2cc(-c3ccccc3)sc2c(=O)n1Cc1ccccc1. The number of amides is 1. The van der Waals surface area contributed by atoms with Gasteiger partial charge < -0.3 is 10.1 Å². The van der Waals surface area contributed by atoms with Gasteiger partial charge >= 0.3 is 0 Å². The minimum Gasteiger partial charge on any atom is -0.383 e. The lowest BCUT2D eigenvalue weighted by molar-refractivity contribution is -0.118. The van der Waals surface area contributed by atoms with Gasteiger partial charge in [-0.25, -0.2) is 4.98 Å². The number of aromatic nitrogens is 2. The lowest BCUT2D eigenvalue weighted by atomic mass is 10.2. The second-order valence-corrected chi connectivity index (χ2v) is 9.09. The second kappa shape index (κ2) is 10.6. The number of hydrogen-bond donors (Lipinski definition) is 1. The molecule has 0 bridgehead atoms. The summed E-state index contributed by atoms with van der Waals surface area (Å²) >= 11 is 2.72. The molecule has 0 aliphatic heterocycles. The van der Waals surface area contributed by atoms with E-state index < -0.39 is 0 Å². The number of thiophene rings is 1. The number of nitrogens with zero attached hydrogens (tertiary/aromatic N) is 2. The van der Waals surface area contributed by atoms with Crippen LogP contribution in [0.3, 0.4) is 0 Å². The van der Waals surface area contributed by atoms with Crippen LogP contribution in [0.4, 0.5) is 0 Å². The third-order valence-electron chi connectivity index (χ3n) is 4.80. The molecule has 8 heteroatoms. The average molecular weight is 466 g/mol. The maximum atomic E-state index is 13.5. The van der Waals surface area contributed by atoms with Gasteiger partial charge in [-0.15, -0.1) is 11.3 Å². The van der Waals surface area contributed by atoms with Gasteiger partial charge in [0.2, 0.25) is 5.91 Å². The predicted octanol–water partition coefficient (Wildman–Crippen LogP) is 4.03. The van der Waals surface area contributed by atoms with Crippen molar-refractivity contribution in [1.29, 1.82) is 0 Å². The molecule has 0 saturated carbocycles. The van der Waals surface area contributed by atoms with Crippen LogP contribution in [0.15, 0.2) is 76.7 Å². The molecule has 1 amide bonds. The van der Waals surface area contributed by atoms with E-state index in [0.717, 1.165) is 16.0 Å². The molecule has 2 aromatic carbocycles. The topological polar surface area (TPSA) is 73.2 Å². The van der Waals surface area contributed by atoms with E-state index in [2.05, 4.69) is 5.32 Å². The fourth-order valence-electron chi connectivity index (χ4n) is 3.22. The van der Waals surface area contributed by atoms with Crippen molar-refractivity contribution in [3.63, 3.8) is 0 Å². The number of benzene rings is 2. The van der Waals surface area contributed by atoms with Gasteiger partial charge in [0.1, 0.15) is 4.70 Å². The van der Waals surface area contributed by atoms with Crippen molar-refractivity contribution in [3.8, 4) is 10.4 Å². The molecule has 164 valence electrons. The van der Waals surface area contributed by atoms with E-state index in [9.17, 15) is 9.59 Å². The second-order valence-electron chi connectivity index (χ2n) is 7.09. The zero-order valence-electron chi connectivity index (χ0n) is 17.6. The Morgan fingerprint density at radius 3 is 2.56 bits per heavy atom. The van der Waals surface area contributed by atoms with Gasteiger partial charge in [-0.1, -0.05) is 72.4 Å². The molecule has 4 aromatic rings. The van der Waals surface area contributed by atoms with E-state index in [-0.39, 0.29) is 17.2 Å². The lowest BCUT2D eigenvalue weighted by Crippen LogP contribution is -2.29. The van der Waals surface area contributed by atoms with Crippen molar-refractivity contribution in [2.45, 2.75) is 11.7 Å². The highest BCUT2D eigenvalue weighted by Gasteiger charge is 2.17. The highest BCUT2D eigenvalue weighted by molar-refractivity contribution is 7.99. The Morgan fingerprint density at radius 2 is 1.84 bits per heavy atom. The van der Waals surface area contributed by atoms with Crippen molar-refractivity contribution in [3.05, 3.63) is 82.6 Å². The quantitative estimate of drug-likeness (QED) is 0.230. The number of thioether (sulfide) groups is 1. The van der Waals surface area contributed by atoms with Gasteiger partial charge in [-0.2, -0.15) is 0 Å². The largest absolute Gasteiger partial charge is 0.383 e. The standard InChI is InChI=1S/C24H23N3O3S2/c1-30-13-12-25-21(28)16-31-24-26-19-14-20(18-10-6-3-7-11-18)32-22(19)23(29)27(24)15-17-8-4-2-5-9-17/h2-11,14H,12-13,15-16H2,1H3,(H,25,28). The highest BCUT2D eigenvalue weighted by atomic mass is 32.2. The molecule has 2 heterocycles. The Hall–Kier alpha value is -2.94. The van der Waals surface area contributed by atoms with Crippen LogP contribution in [0, 0.1) is 0 Å². The number of carbonyl (C=O) groups is 1. The molecule has 0 unspecified atom stereocenters. The molecule has 0 spiro atoms. The molecule has 2 aromatic heterocycles. The van der Waals surface area contributed by atoms with E-state index in [1.54, 1.807) is 11.7 Å². The van der Waals surface area contributed by atoms with Crippen LogP contribution in [0.1, 0.15) is 5.56 Å². The van der Waals surface area contributed by atoms with E-state index in [0.29, 0.717) is 35.1 Å². The normalized spacial score (nSPS) is 11.0. The molecule has 6 nitrogen and oxygen atoms in total. The minimum absolute atomic E-state index is 0.0895. The molecule has 0 radical (unpaired) electrons. The molecule has 0 saturated heterocycles. The fourth-order valence-corrected chi connectivity index (χ4v) is 5.10. The first kappa shape index (κ1) is 22.3. The first-order chi connectivity index (χ1) is 15.7. The van der Waals surface area contributed by atoms with Gasteiger partial charge in [-0.3, -0.25) is 14.2 Å². The van der Waals surface area contributed by atoms with E-state index >= 15 is 0 Å². The number of fused-ring (bicyclic) bond motifs is 1. The summed E-state index contributed by atoms with van der Waals surface area (Å²) in [4.78, 5) is 31.4. The zero-order valence-corrected chi connectivity index (χ0v) is 19.2. The monoisotopic (exact) mass is 465 g/mol. The number of ether oxygens (including phenoxy) is 1. The van der Waals surface area contributed by atoms with Crippen molar-refractivity contribution in [2.24, 2.45) is 0 Å². The Labute approximate surface area is 194 Å². The van der Waals surface area contributed by atoms with Crippen molar-refractivity contribution >= 4 is 39.2 Å². The van der Waals surface area contributed by atoms with E-state index in [1.807, 2.05) is 66.7 Å². The lowest BCUT2D eigenvalue weighted by Gasteiger charge is -2.12. The molecular formula is C24H23N3O3S2. The summed E-state index contributed by atoms with van der Waals surface area (Å²) in [5, 5.41) is 3.34. The smallest absolute Gasteiger partial charge is 0.272 e. The van der Waals surface area contributed by atoms with Gasteiger partial charge in [0, 0.05) is 18.5 Å². The minimum atomic E-state index is -0.122. The third kappa shape index (κ3) is 5.27. The van der Waals surface area contributed by atoms with Crippen LogP contribution in [0.25, 0.3) is 20.7 Å². The van der Waals surface area contributed by atoms with Crippen LogP contribution < -0.4 is 10.9 Å². The number of carbonyl (C=O) groups excluding carboxylic acids is 1.